The Kier molecular flexibility index (Phi) is 15.8. The average Bonchev–Trinajstić information content (AvgIpc) is 3.77. The molecule has 15 heteroatoms. The van der Waals surface area contributed by atoms with Gasteiger partial charge in [-0.15, -0.1) is 11.8 Å². The van der Waals surface area contributed by atoms with E-state index >= 15 is 0 Å². The van der Waals surface area contributed by atoms with Crippen molar-refractivity contribution < 1.29 is 28.8 Å². The van der Waals surface area contributed by atoms with Crippen molar-refractivity contribution in [3.63, 3.8) is 0 Å². The molecule has 14 nitrogen and oxygen atoms in total. The van der Waals surface area contributed by atoms with Crippen molar-refractivity contribution in [2.75, 3.05) is 5.75 Å². The number of thioether (sulfide) groups is 1. The van der Waals surface area contributed by atoms with E-state index in [0.29, 0.717) is 12.2 Å². The number of fused-ring (bicyclic) bond motifs is 3. The molecule has 2 aliphatic heterocycles. The third-order valence-corrected chi connectivity index (χ3v) is 11.7. The van der Waals surface area contributed by atoms with Gasteiger partial charge in [0.05, 0.1) is 17.5 Å². The van der Waals surface area contributed by atoms with Crippen molar-refractivity contribution in [3.8, 4) is 0 Å². The number of H-pyrrole nitrogens is 1. The molecule has 6 amide bonds. The number of rotatable bonds is 9. The Morgan fingerprint density at radius 1 is 0.589 bits per heavy atom. The largest absolute Gasteiger partial charge is 0.361 e. The fraction of sp³-hybridized carbons (Fsp3) is 0.659. The van der Waals surface area contributed by atoms with E-state index in [1.807, 2.05) is 79.7 Å². The van der Waals surface area contributed by atoms with Crippen molar-refractivity contribution in [3.05, 3.63) is 36.0 Å². The first-order valence-electron chi connectivity index (χ1n) is 20.1. The van der Waals surface area contributed by atoms with Crippen LogP contribution >= 0.6 is 11.8 Å². The van der Waals surface area contributed by atoms with E-state index in [-0.39, 0.29) is 59.6 Å². The molecule has 2 aromatic rings. The fourth-order valence-electron chi connectivity index (χ4n) is 7.22. The van der Waals surface area contributed by atoms with E-state index in [1.54, 1.807) is 20.0 Å². The predicted molar refractivity (Wildman–Crippen MR) is 220 cm³/mol. The lowest BCUT2D eigenvalue weighted by atomic mass is 9.97. The number of para-hydroxylation sites is 1. The van der Waals surface area contributed by atoms with E-state index < -0.39 is 65.9 Å². The van der Waals surface area contributed by atoms with Gasteiger partial charge in [-0.25, -0.2) is 0 Å². The number of hydrogen-bond donors (Lipinski definition) is 8. The summed E-state index contributed by atoms with van der Waals surface area (Å²) >= 11 is 1.51. The Labute approximate surface area is 335 Å². The minimum atomic E-state index is -1.12. The highest BCUT2D eigenvalue weighted by atomic mass is 32.2. The second kappa shape index (κ2) is 19.8. The van der Waals surface area contributed by atoms with Gasteiger partial charge in [-0.2, -0.15) is 0 Å². The van der Waals surface area contributed by atoms with Crippen molar-refractivity contribution in [2.24, 2.45) is 29.6 Å². The zero-order valence-electron chi connectivity index (χ0n) is 34.6. The predicted octanol–water partition coefficient (Wildman–Crippen LogP) is 2.72. The molecule has 310 valence electrons. The lowest BCUT2D eigenvalue weighted by molar-refractivity contribution is -0.136. The first-order chi connectivity index (χ1) is 26.4. The highest BCUT2D eigenvalue weighted by Crippen LogP contribution is 2.26. The van der Waals surface area contributed by atoms with Gasteiger partial charge in [0.15, 0.2) is 0 Å². The average molecular weight is 797 g/mol. The highest BCUT2D eigenvalue weighted by Gasteiger charge is 2.40. The molecule has 2 fully saturated rings. The van der Waals surface area contributed by atoms with Crippen LogP contribution in [0.4, 0.5) is 0 Å². The van der Waals surface area contributed by atoms with Crippen LogP contribution in [0.2, 0.25) is 0 Å². The molecule has 3 heterocycles. The highest BCUT2D eigenvalue weighted by molar-refractivity contribution is 8.00. The number of nitrogens with one attached hydrogen (secondary N) is 8. The topological polar surface area (TPSA) is 202 Å². The zero-order valence-corrected chi connectivity index (χ0v) is 35.4. The van der Waals surface area contributed by atoms with Crippen LogP contribution in [0.5, 0.6) is 0 Å². The van der Waals surface area contributed by atoms with Gasteiger partial charge in [0, 0.05) is 29.3 Å². The third-order valence-electron chi connectivity index (χ3n) is 10.4. The van der Waals surface area contributed by atoms with Crippen LogP contribution in [0.25, 0.3) is 10.9 Å². The molecule has 8 atom stereocenters. The molecule has 1 aromatic heterocycles. The number of carbonyl (C=O) groups is 6. The van der Waals surface area contributed by atoms with E-state index in [9.17, 15) is 28.8 Å². The minimum absolute atomic E-state index is 0.0239. The molecule has 1 unspecified atom stereocenters. The maximum atomic E-state index is 14.4. The lowest BCUT2D eigenvalue weighted by Gasteiger charge is -2.32. The monoisotopic (exact) mass is 796 g/mol. The maximum Gasteiger partial charge on any atom is 0.243 e. The summed E-state index contributed by atoms with van der Waals surface area (Å²) in [6, 6.07) is 1.57. The van der Waals surface area contributed by atoms with E-state index in [0.717, 1.165) is 16.5 Å². The van der Waals surface area contributed by atoms with Crippen molar-refractivity contribution >= 4 is 58.1 Å². The van der Waals surface area contributed by atoms with Crippen LogP contribution in [0.3, 0.4) is 0 Å². The molecule has 0 saturated carbocycles. The van der Waals surface area contributed by atoms with Crippen LogP contribution in [-0.2, 0) is 35.2 Å². The molecule has 2 saturated heterocycles. The SMILES string of the molecule is CC(C)C[C@H]1NC(=O)[C@@H]2CSC(N2)[C@H](C(C)C)NC(=O)[C@@H](C(C)C)NC(=O)[C@H](C(C)C)NC(=O)[C@@H](CC(C)C)NC(=O)[C@H](Cc2c[nH]c3ccccc23)NC1=O. The molecule has 0 radical (unpaired) electrons. The molecule has 0 spiro atoms. The Hall–Kier alpha value is -4.11. The molecule has 56 heavy (non-hydrogen) atoms. The fourth-order valence-corrected chi connectivity index (χ4v) is 8.72. The number of carbonyl (C=O) groups excluding carboxylic acids is 6. The first-order valence-corrected chi connectivity index (χ1v) is 21.2. The van der Waals surface area contributed by atoms with Crippen molar-refractivity contribution in [1.29, 1.82) is 0 Å². The summed E-state index contributed by atoms with van der Waals surface area (Å²) in [5.41, 5.74) is 1.66. The van der Waals surface area contributed by atoms with Crippen molar-refractivity contribution in [1.82, 2.24) is 42.2 Å². The Bertz CT molecular complexity index is 1710. The van der Waals surface area contributed by atoms with Gasteiger partial charge < -0.3 is 36.9 Å². The summed E-state index contributed by atoms with van der Waals surface area (Å²) in [6.07, 6.45) is 2.48. The Morgan fingerprint density at radius 3 is 1.66 bits per heavy atom. The third kappa shape index (κ3) is 11.7. The number of hydrogen-bond acceptors (Lipinski definition) is 8. The van der Waals surface area contributed by atoms with Gasteiger partial charge in [0.2, 0.25) is 35.4 Å². The van der Waals surface area contributed by atoms with E-state index in [2.05, 4.69) is 42.2 Å². The summed E-state index contributed by atoms with van der Waals surface area (Å²) in [5, 5.41) is 21.6. The van der Waals surface area contributed by atoms with Gasteiger partial charge in [-0.05, 0) is 54.1 Å². The van der Waals surface area contributed by atoms with Gasteiger partial charge in [-0.3, -0.25) is 34.1 Å². The van der Waals surface area contributed by atoms with Crippen LogP contribution < -0.4 is 37.2 Å². The van der Waals surface area contributed by atoms with Crippen LogP contribution in [0, 0.1) is 29.6 Å². The second-order valence-corrected chi connectivity index (χ2v) is 18.4. The zero-order chi connectivity index (χ0) is 41.4. The number of aromatic nitrogens is 1. The smallest absolute Gasteiger partial charge is 0.243 e. The molecule has 2 aliphatic rings. The summed E-state index contributed by atoms with van der Waals surface area (Å²) in [6.45, 7) is 19.0. The lowest BCUT2D eigenvalue weighted by Crippen LogP contribution is -2.61. The van der Waals surface area contributed by atoms with Gasteiger partial charge in [-0.1, -0.05) is 87.4 Å². The van der Waals surface area contributed by atoms with Crippen LogP contribution in [0.15, 0.2) is 30.5 Å². The summed E-state index contributed by atoms with van der Waals surface area (Å²) in [7, 11) is 0. The normalized spacial score (nSPS) is 27.9. The molecule has 0 aliphatic carbocycles. The maximum absolute atomic E-state index is 14.4. The van der Waals surface area contributed by atoms with Gasteiger partial charge in [0.25, 0.3) is 0 Å². The molecule has 8 N–H and O–H groups in total. The quantitative estimate of drug-likeness (QED) is 0.189. The molecule has 4 rings (SSSR count). The minimum Gasteiger partial charge on any atom is -0.361 e. The Balaban J connectivity index is 1.77. The van der Waals surface area contributed by atoms with Gasteiger partial charge in [0.1, 0.15) is 30.2 Å². The molecular weight excluding hydrogens is 733 g/mol. The summed E-state index contributed by atoms with van der Waals surface area (Å²) < 4.78 is 0. The number of amides is 6. The molecular formula is C41H64N8O6S. The Morgan fingerprint density at radius 2 is 1.09 bits per heavy atom. The van der Waals surface area contributed by atoms with Crippen LogP contribution in [-0.4, -0.2) is 93.8 Å². The first kappa shape index (κ1) is 44.6. The van der Waals surface area contributed by atoms with Crippen LogP contribution in [0.1, 0.15) is 87.6 Å². The second-order valence-electron chi connectivity index (χ2n) is 17.2. The molecule has 1 aromatic carbocycles. The standard InChI is InChI=1S/C41H64N8O6S/c1-20(2)15-28-35(50)45-30(17-25-18-42-27-14-12-11-13-26(25)27)36(51)43-29(16-21(3)4)37(52)47-32(22(5)6)39(54)48-33(23(7)8)40(55)49-34(24(9)10)41-46-31(19-56-41)38(53)44-28/h11-14,18,20-24,28-34,41-42,46H,15-17,19H2,1-10H3,(H,43,51)(H,44,53)(H,45,50)(H,47,52)(H,48,54)(H,49,55)/t28-,29-,30+,31+,32+,33-,34+,41?/m1/s1. The van der Waals surface area contributed by atoms with Gasteiger partial charge >= 0.3 is 0 Å². The summed E-state index contributed by atoms with van der Waals surface area (Å²) in [4.78, 5) is 87.5. The van der Waals surface area contributed by atoms with E-state index in [4.69, 9.17) is 0 Å². The molecule has 2 bridgehead atoms. The summed E-state index contributed by atoms with van der Waals surface area (Å²) in [5.74, 6) is -3.18. The number of aromatic amines is 1. The number of benzene rings is 1. The van der Waals surface area contributed by atoms with Crippen molar-refractivity contribution in [2.45, 2.75) is 136 Å². The van der Waals surface area contributed by atoms with E-state index in [1.165, 1.54) is 11.8 Å².